The molecule has 0 bridgehead atoms. The van der Waals surface area contributed by atoms with E-state index in [0.717, 1.165) is 31.5 Å². The Morgan fingerprint density at radius 1 is 1.33 bits per heavy atom. The predicted molar refractivity (Wildman–Crippen MR) is 80.0 cm³/mol. The first-order valence-electron chi connectivity index (χ1n) is 5.39. The van der Waals surface area contributed by atoms with Crippen LogP contribution in [0.4, 0.5) is 5.00 Å². The van der Waals surface area contributed by atoms with Crippen LogP contribution in [0.3, 0.4) is 0 Å². The summed E-state index contributed by atoms with van der Waals surface area (Å²) in [4.78, 5) is 4.65. The van der Waals surface area contributed by atoms with Crippen molar-refractivity contribution in [3.8, 4) is 10.6 Å². The molecule has 0 aliphatic carbocycles. The summed E-state index contributed by atoms with van der Waals surface area (Å²) in [5.41, 5.74) is 3.05. The maximum absolute atomic E-state index is 5.98. The van der Waals surface area contributed by atoms with Crippen molar-refractivity contribution in [3.63, 3.8) is 0 Å². The van der Waals surface area contributed by atoms with Crippen LogP contribution in [0.1, 0.15) is 5.69 Å². The molecule has 0 spiro atoms. The van der Waals surface area contributed by atoms with Gasteiger partial charge in [0.15, 0.2) is 0 Å². The van der Waals surface area contributed by atoms with E-state index >= 15 is 0 Å². The molecule has 0 saturated carbocycles. The van der Waals surface area contributed by atoms with Gasteiger partial charge in [-0.3, -0.25) is 0 Å². The standard InChI is InChI=1S/C12H10ClN3S2/c1-6-10(11(14-2)18-16-6)12-15-8-5-7(13)3-4-9(8)17-12/h3-5,14H,1-2H3. The summed E-state index contributed by atoms with van der Waals surface area (Å²) in [5, 5.41) is 5.93. The molecular weight excluding hydrogens is 286 g/mol. The van der Waals surface area contributed by atoms with Crippen LogP contribution < -0.4 is 5.32 Å². The maximum Gasteiger partial charge on any atom is 0.129 e. The zero-order chi connectivity index (χ0) is 12.7. The van der Waals surface area contributed by atoms with Gasteiger partial charge in [0.1, 0.15) is 10.0 Å². The molecule has 2 aromatic heterocycles. The molecule has 3 aromatic rings. The van der Waals surface area contributed by atoms with Crippen molar-refractivity contribution in [2.45, 2.75) is 6.92 Å². The van der Waals surface area contributed by atoms with Crippen LogP contribution in [0, 0.1) is 6.92 Å². The molecule has 0 atom stereocenters. The van der Waals surface area contributed by atoms with E-state index in [0.29, 0.717) is 5.02 Å². The molecule has 6 heteroatoms. The molecule has 0 aliphatic heterocycles. The van der Waals surface area contributed by atoms with E-state index < -0.39 is 0 Å². The number of rotatable bonds is 2. The Balaban J connectivity index is 2.22. The second kappa shape index (κ2) is 4.50. The van der Waals surface area contributed by atoms with E-state index in [1.165, 1.54) is 11.5 Å². The maximum atomic E-state index is 5.98. The fraction of sp³-hybridized carbons (Fsp3) is 0.167. The van der Waals surface area contributed by atoms with Crippen molar-refractivity contribution in [1.82, 2.24) is 9.36 Å². The average Bonchev–Trinajstić information content (AvgIpc) is 2.91. The molecule has 0 unspecified atom stereocenters. The van der Waals surface area contributed by atoms with Gasteiger partial charge in [-0.25, -0.2) is 4.98 Å². The minimum absolute atomic E-state index is 0.716. The number of anilines is 1. The molecule has 1 N–H and O–H groups in total. The number of thiazole rings is 1. The number of benzene rings is 1. The number of nitrogens with zero attached hydrogens (tertiary/aromatic N) is 2. The number of halogens is 1. The monoisotopic (exact) mass is 295 g/mol. The summed E-state index contributed by atoms with van der Waals surface area (Å²) in [6.45, 7) is 2.01. The minimum atomic E-state index is 0.716. The Hall–Kier alpha value is -1.17. The number of fused-ring (bicyclic) bond motifs is 1. The van der Waals surface area contributed by atoms with Crippen molar-refractivity contribution >= 4 is 49.7 Å². The molecule has 3 nitrogen and oxygen atoms in total. The van der Waals surface area contributed by atoms with Gasteiger partial charge >= 0.3 is 0 Å². The molecule has 3 rings (SSSR count). The van der Waals surface area contributed by atoms with Gasteiger partial charge in [0.2, 0.25) is 0 Å². The smallest absolute Gasteiger partial charge is 0.129 e. The summed E-state index contributed by atoms with van der Waals surface area (Å²) < 4.78 is 5.51. The molecule has 92 valence electrons. The second-order valence-electron chi connectivity index (χ2n) is 3.85. The van der Waals surface area contributed by atoms with Crippen LogP contribution in [0.5, 0.6) is 0 Å². The molecule has 0 amide bonds. The van der Waals surface area contributed by atoms with Crippen LogP contribution in [-0.2, 0) is 0 Å². The van der Waals surface area contributed by atoms with Crippen LogP contribution >= 0.6 is 34.5 Å². The van der Waals surface area contributed by atoms with Gasteiger partial charge in [0.05, 0.1) is 21.5 Å². The lowest BCUT2D eigenvalue weighted by Gasteiger charge is -1.98. The Morgan fingerprint density at radius 2 is 2.17 bits per heavy atom. The summed E-state index contributed by atoms with van der Waals surface area (Å²) >= 11 is 9.11. The van der Waals surface area contributed by atoms with Crippen molar-refractivity contribution in [2.75, 3.05) is 12.4 Å². The van der Waals surface area contributed by atoms with Crippen LogP contribution in [0.2, 0.25) is 5.02 Å². The van der Waals surface area contributed by atoms with Crippen molar-refractivity contribution in [3.05, 3.63) is 28.9 Å². The average molecular weight is 296 g/mol. The fourth-order valence-corrected chi connectivity index (χ4v) is 3.83. The topological polar surface area (TPSA) is 37.8 Å². The Bertz CT molecular complexity index is 717. The van der Waals surface area contributed by atoms with E-state index in [2.05, 4.69) is 14.7 Å². The first-order valence-corrected chi connectivity index (χ1v) is 7.36. The van der Waals surface area contributed by atoms with Crippen molar-refractivity contribution in [1.29, 1.82) is 0 Å². The number of nitrogens with one attached hydrogen (secondary N) is 1. The highest BCUT2D eigenvalue weighted by molar-refractivity contribution is 7.22. The number of aryl methyl sites for hydroxylation is 1. The van der Waals surface area contributed by atoms with Gasteiger partial charge in [-0.2, -0.15) is 4.37 Å². The number of hydrogen-bond donors (Lipinski definition) is 1. The minimum Gasteiger partial charge on any atom is -0.378 e. The van der Waals surface area contributed by atoms with Crippen molar-refractivity contribution < 1.29 is 0 Å². The molecule has 0 saturated heterocycles. The lowest BCUT2D eigenvalue weighted by atomic mass is 10.2. The largest absolute Gasteiger partial charge is 0.378 e. The lowest BCUT2D eigenvalue weighted by molar-refractivity contribution is 1.33. The summed E-state index contributed by atoms with van der Waals surface area (Å²) in [6, 6.07) is 5.79. The highest BCUT2D eigenvalue weighted by Crippen LogP contribution is 2.39. The normalized spacial score (nSPS) is 11.1. The third kappa shape index (κ3) is 1.88. The van der Waals surface area contributed by atoms with Gasteiger partial charge in [0.25, 0.3) is 0 Å². The van der Waals surface area contributed by atoms with Crippen LogP contribution in [0.25, 0.3) is 20.8 Å². The highest BCUT2D eigenvalue weighted by Gasteiger charge is 2.16. The van der Waals surface area contributed by atoms with E-state index in [9.17, 15) is 0 Å². The van der Waals surface area contributed by atoms with Gasteiger partial charge in [0, 0.05) is 12.1 Å². The third-order valence-electron chi connectivity index (χ3n) is 2.65. The molecule has 0 aliphatic rings. The Morgan fingerprint density at radius 3 is 2.94 bits per heavy atom. The van der Waals surface area contributed by atoms with Gasteiger partial charge in [-0.1, -0.05) is 11.6 Å². The Labute approximate surface area is 118 Å². The van der Waals surface area contributed by atoms with E-state index in [4.69, 9.17) is 11.6 Å². The fourth-order valence-electron chi connectivity index (χ4n) is 1.80. The lowest BCUT2D eigenvalue weighted by Crippen LogP contribution is -1.87. The summed E-state index contributed by atoms with van der Waals surface area (Å²) in [7, 11) is 1.90. The van der Waals surface area contributed by atoms with Crippen LogP contribution in [0.15, 0.2) is 18.2 Å². The molecule has 1 aromatic carbocycles. The van der Waals surface area contributed by atoms with Gasteiger partial charge < -0.3 is 5.32 Å². The van der Waals surface area contributed by atoms with E-state index in [1.54, 1.807) is 11.3 Å². The second-order valence-corrected chi connectivity index (χ2v) is 6.09. The highest BCUT2D eigenvalue weighted by atomic mass is 35.5. The summed E-state index contributed by atoms with van der Waals surface area (Å²) in [5.74, 6) is 0. The van der Waals surface area contributed by atoms with Gasteiger partial charge in [-0.15, -0.1) is 11.3 Å². The first-order chi connectivity index (χ1) is 8.69. The zero-order valence-corrected chi connectivity index (χ0v) is 12.2. The van der Waals surface area contributed by atoms with Gasteiger partial charge in [-0.05, 0) is 36.7 Å². The molecule has 18 heavy (non-hydrogen) atoms. The van der Waals surface area contributed by atoms with Crippen LogP contribution in [-0.4, -0.2) is 16.4 Å². The Kier molecular flexibility index (Phi) is 2.97. The van der Waals surface area contributed by atoms with E-state index in [1.807, 2.05) is 32.2 Å². The number of hydrogen-bond acceptors (Lipinski definition) is 5. The molecule has 0 fully saturated rings. The summed E-state index contributed by atoms with van der Waals surface area (Å²) in [6.07, 6.45) is 0. The van der Waals surface area contributed by atoms with E-state index in [-0.39, 0.29) is 0 Å². The predicted octanol–water partition coefficient (Wildman–Crippen LogP) is 4.42. The van der Waals surface area contributed by atoms with Crippen molar-refractivity contribution in [2.24, 2.45) is 0 Å². The molecule has 0 radical (unpaired) electrons. The number of aromatic nitrogens is 2. The molecule has 2 heterocycles. The quantitative estimate of drug-likeness (QED) is 0.760. The SMILES string of the molecule is CNc1snc(C)c1-c1nc2cc(Cl)ccc2s1. The first kappa shape index (κ1) is 11.9. The zero-order valence-electron chi connectivity index (χ0n) is 9.82. The molecular formula is C12H10ClN3S2. The third-order valence-corrected chi connectivity index (χ3v) is 4.90.